The van der Waals surface area contributed by atoms with E-state index in [0.29, 0.717) is 17.1 Å². The molecular formula is C15H20O4. The molecule has 0 fully saturated rings. The molecule has 1 aromatic rings. The predicted molar refractivity (Wildman–Crippen MR) is 74.7 cm³/mol. The number of hydrogen-bond donors (Lipinski definition) is 1. The molecule has 0 aliphatic rings. The Bertz CT molecular complexity index is 447. The molecule has 0 heterocycles. The number of carboxylic acids is 1. The summed E-state index contributed by atoms with van der Waals surface area (Å²) in [4.78, 5) is 10.6. The first-order chi connectivity index (χ1) is 9.10. The van der Waals surface area contributed by atoms with Crippen LogP contribution in [0.15, 0.2) is 24.3 Å². The summed E-state index contributed by atoms with van der Waals surface area (Å²) in [5.74, 6) is 0.352. The van der Waals surface area contributed by atoms with Gasteiger partial charge in [0.1, 0.15) is 11.5 Å². The zero-order valence-corrected chi connectivity index (χ0v) is 11.6. The number of hydrogen-bond acceptors (Lipinski definition) is 3. The minimum absolute atomic E-state index is 0.130. The van der Waals surface area contributed by atoms with Crippen LogP contribution in [0.25, 0.3) is 6.08 Å². The van der Waals surface area contributed by atoms with Gasteiger partial charge in [-0.25, -0.2) is 4.79 Å². The molecule has 0 saturated carbocycles. The fourth-order valence-electron chi connectivity index (χ4n) is 1.69. The van der Waals surface area contributed by atoms with E-state index in [4.69, 9.17) is 14.6 Å². The van der Waals surface area contributed by atoms with Crippen LogP contribution in [0.5, 0.6) is 11.5 Å². The van der Waals surface area contributed by atoms with Crippen molar-refractivity contribution in [3.05, 3.63) is 29.8 Å². The van der Waals surface area contributed by atoms with E-state index >= 15 is 0 Å². The van der Waals surface area contributed by atoms with Crippen molar-refractivity contribution in [1.82, 2.24) is 0 Å². The van der Waals surface area contributed by atoms with E-state index < -0.39 is 5.97 Å². The van der Waals surface area contributed by atoms with Gasteiger partial charge in [-0.15, -0.1) is 0 Å². The van der Waals surface area contributed by atoms with Gasteiger partial charge in [-0.1, -0.05) is 13.8 Å². The lowest BCUT2D eigenvalue weighted by molar-refractivity contribution is -0.131. The Morgan fingerprint density at radius 3 is 2.58 bits per heavy atom. The van der Waals surface area contributed by atoms with Gasteiger partial charge in [0.15, 0.2) is 0 Å². The minimum Gasteiger partial charge on any atom is -0.497 e. The summed E-state index contributed by atoms with van der Waals surface area (Å²) >= 11 is 0. The first kappa shape index (κ1) is 15.1. The van der Waals surface area contributed by atoms with E-state index in [1.807, 2.05) is 0 Å². The molecule has 0 aliphatic heterocycles. The molecule has 0 bridgehead atoms. The van der Waals surface area contributed by atoms with Crippen LogP contribution in [-0.4, -0.2) is 24.3 Å². The normalized spacial score (nSPS) is 10.9. The number of carboxylic acid groups (broad SMARTS) is 1. The average Bonchev–Trinajstić information content (AvgIpc) is 2.42. The smallest absolute Gasteiger partial charge is 0.328 e. The monoisotopic (exact) mass is 264 g/mol. The van der Waals surface area contributed by atoms with Gasteiger partial charge in [0.05, 0.1) is 13.2 Å². The molecule has 4 heteroatoms. The molecule has 0 saturated heterocycles. The lowest BCUT2D eigenvalue weighted by Gasteiger charge is -2.17. The first-order valence-corrected chi connectivity index (χ1v) is 6.36. The third kappa shape index (κ3) is 4.66. The SMILES string of the molecule is CCC(CC)Oc1ccc(OC)cc1C=CC(=O)O. The Morgan fingerprint density at radius 1 is 1.37 bits per heavy atom. The van der Waals surface area contributed by atoms with Crippen molar-refractivity contribution >= 4 is 12.0 Å². The molecule has 0 unspecified atom stereocenters. The van der Waals surface area contributed by atoms with E-state index in [1.54, 1.807) is 25.3 Å². The van der Waals surface area contributed by atoms with Gasteiger partial charge in [0, 0.05) is 11.6 Å². The van der Waals surface area contributed by atoms with Crippen molar-refractivity contribution in [2.24, 2.45) is 0 Å². The molecule has 1 N–H and O–H groups in total. The van der Waals surface area contributed by atoms with E-state index in [0.717, 1.165) is 18.9 Å². The topological polar surface area (TPSA) is 55.8 Å². The fourth-order valence-corrected chi connectivity index (χ4v) is 1.69. The van der Waals surface area contributed by atoms with Crippen LogP contribution in [0.3, 0.4) is 0 Å². The van der Waals surface area contributed by atoms with Crippen LogP contribution in [0.2, 0.25) is 0 Å². The van der Waals surface area contributed by atoms with E-state index in [2.05, 4.69) is 13.8 Å². The molecular weight excluding hydrogens is 244 g/mol. The van der Waals surface area contributed by atoms with Gasteiger partial charge in [0.25, 0.3) is 0 Å². The van der Waals surface area contributed by atoms with Crippen molar-refractivity contribution < 1.29 is 19.4 Å². The van der Waals surface area contributed by atoms with Gasteiger partial charge >= 0.3 is 5.97 Å². The average molecular weight is 264 g/mol. The summed E-state index contributed by atoms with van der Waals surface area (Å²) in [5.41, 5.74) is 0.702. The lowest BCUT2D eigenvalue weighted by atomic mass is 10.1. The Morgan fingerprint density at radius 2 is 2.05 bits per heavy atom. The van der Waals surface area contributed by atoms with Gasteiger partial charge < -0.3 is 14.6 Å². The van der Waals surface area contributed by atoms with Crippen LogP contribution in [-0.2, 0) is 4.79 Å². The zero-order valence-electron chi connectivity index (χ0n) is 11.6. The van der Waals surface area contributed by atoms with Gasteiger partial charge in [-0.05, 0) is 37.1 Å². The van der Waals surface area contributed by atoms with Gasteiger partial charge in [-0.2, -0.15) is 0 Å². The van der Waals surface area contributed by atoms with Crippen LogP contribution < -0.4 is 9.47 Å². The molecule has 1 rings (SSSR count). The van der Waals surface area contributed by atoms with Crippen LogP contribution in [0.4, 0.5) is 0 Å². The number of ether oxygens (including phenoxy) is 2. The van der Waals surface area contributed by atoms with Crippen LogP contribution >= 0.6 is 0 Å². The third-order valence-corrected chi connectivity index (χ3v) is 2.83. The molecule has 0 radical (unpaired) electrons. The number of aliphatic carboxylic acids is 1. The summed E-state index contributed by atoms with van der Waals surface area (Å²) in [6, 6.07) is 5.37. The van der Waals surface area contributed by atoms with Crippen molar-refractivity contribution in [2.45, 2.75) is 32.8 Å². The van der Waals surface area contributed by atoms with Crippen molar-refractivity contribution in [2.75, 3.05) is 7.11 Å². The van der Waals surface area contributed by atoms with Crippen molar-refractivity contribution in [3.8, 4) is 11.5 Å². The Kier molecular flexibility index (Phi) is 5.93. The number of rotatable bonds is 7. The first-order valence-electron chi connectivity index (χ1n) is 6.36. The highest BCUT2D eigenvalue weighted by molar-refractivity contribution is 5.86. The molecule has 1 aromatic carbocycles. The highest BCUT2D eigenvalue weighted by Gasteiger charge is 2.09. The lowest BCUT2D eigenvalue weighted by Crippen LogP contribution is -2.14. The largest absolute Gasteiger partial charge is 0.497 e. The molecule has 4 nitrogen and oxygen atoms in total. The van der Waals surface area contributed by atoms with Gasteiger partial charge in [0.2, 0.25) is 0 Å². The number of carbonyl (C=O) groups is 1. The molecule has 0 aliphatic carbocycles. The predicted octanol–water partition coefficient (Wildman–Crippen LogP) is 3.36. The highest BCUT2D eigenvalue weighted by Crippen LogP contribution is 2.27. The van der Waals surface area contributed by atoms with Crippen LogP contribution in [0, 0.1) is 0 Å². The summed E-state index contributed by atoms with van der Waals surface area (Å²) in [6.07, 6.45) is 4.55. The third-order valence-electron chi connectivity index (χ3n) is 2.83. The molecule has 0 atom stereocenters. The molecule has 104 valence electrons. The Hall–Kier alpha value is -1.97. The van der Waals surface area contributed by atoms with E-state index in [9.17, 15) is 4.79 Å². The molecule has 0 aromatic heterocycles. The van der Waals surface area contributed by atoms with E-state index in [-0.39, 0.29) is 6.10 Å². The maximum Gasteiger partial charge on any atom is 0.328 e. The summed E-state index contributed by atoms with van der Waals surface area (Å²) < 4.78 is 11.0. The summed E-state index contributed by atoms with van der Waals surface area (Å²) in [7, 11) is 1.57. The highest BCUT2D eigenvalue weighted by atomic mass is 16.5. The number of benzene rings is 1. The summed E-state index contributed by atoms with van der Waals surface area (Å²) in [5, 5.41) is 8.71. The second-order valence-electron chi connectivity index (χ2n) is 4.13. The van der Waals surface area contributed by atoms with E-state index in [1.165, 1.54) is 6.08 Å². The standard InChI is InChI=1S/C15H20O4/c1-4-12(5-2)19-14-8-7-13(18-3)10-11(14)6-9-15(16)17/h6-10,12H,4-5H2,1-3H3,(H,16,17). The number of methoxy groups -OCH3 is 1. The second kappa shape index (κ2) is 7.46. The minimum atomic E-state index is -0.990. The molecule has 19 heavy (non-hydrogen) atoms. The summed E-state index contributed by atoms with van der Waals surface area (Å²) in [6.45, 7) is 4.12. The quantitative estimate of drug-likeness (QED) is 0.767. The maximum absolute atomic E-state index is 10.6. The second-order valence-corrected chi connectivity index (χ2v) is 4.13. The molecule has 0 spiro atoms. The fraction of sp³-hybridized carbons (Fsp3) is 0.400. The van der Waals surface area contributed by atoms with Crippen molar-refractivity contribution in [1.29, 1.82) is 0 Å². The zero-order chi connectivity index (χ0) is 14.3. The van der Waals surface area contributed by atoms with Crippen molar-refractivity contribution in [3.63, 3.8) is 0 Å². The molecule has 0 amide bonds. The van der Waals surface area contributed by atoms with Gasteiger partial charge in [-0.3, -0.25) is 0 Å². The maximum atomic E-state index is 10.6. The Labute approximate surface area is 113 Å². The Balaban J connectivity index is 3.04. The van der Waals surface area contributed by atoms with Crippen LogP contribution in [0.1, 0.15) is 32.3 Å².